The van der Waals surface area contributed by atoms with E-state index in [0.717, 1.165) is 23.5 Å². The predicted octanol–water partition coefficient (Wildman–Crippen LogP) is 5.58. The monoisotopic (exact) mass is 357 g/mol. The molecule has 1 aromatic heterocycles. The third kappa shape index (κ3) is 3.30. The van der Waals surface area contributed by atoms with Crippen molar-refractivity contribution in [1.29, 1.82) is 5.41 Å². The number of nitrogens with one attached hydrogen (secondary N) is 1. The van der Waals surface area contributed by atoms with Gasteiger partial charge >= 0.3 is 0 Å². The van der Waals surface area contributed by atoms with Crippen molar-refractivity contribution in [3.05, 3.63) is 16.0 Å². The van der Waals surface area contributed by atoms with Crippen LogP contribution in [-0.4, -0.2) is 30.0 Å². The minimum atomic E-state index is 0.440. The minimum absolute atomic E-state index is 0.440. The Labute approximate surface area is 156 Å². The third-order valence-corrected chi connectivity index (χ3v) is 7.58. The lowest BCUT2D eigenvalue weighted by Crippen LogP contribution is -2.34. The molecule has 2 fully saturated rings. The van der Waals surface area contributed by atoms with Crippen LogP contribution in [0.2, 0.25) is 0 Å². The molecule has 0 aromatic carbocycles. The number of likely N-dealkylation sites (tertiary alicyclic amines) is 1. The van der Waals surface area contributed by atoms with E-state index in [1.165, 1.54) is 55.4 Å². The number of aliphatic imine (C=N–C) groups is 1. The van der Waals surface area contributed by atoms with Crippen LogP contribution in [0.25, 0.3) is 0 Å². The van der Waals surface area contributed by atoms with Gasteiger partial charge in [-0.3, -0.25) is 0 Å². The Morgan fingerprint density at radius 1 is 1.16 bits per heavy atom. The topological polar surface area (TPSA) is 39.5 Å². The summed E-state index contributed by atoms with van der Waals surface area (Å²) >= 11 is 1.83. The van der Waals surface area contributed by atoms with Crippen LogP contribution in [0.15, 0.2) is 4.99 Å². The maximum atomic E-state index is 7.90. The maximum absolute atomic E-state index is 7.90. The minimum Gasteiger partial charge on any atom is -0.359 e. The van der Waals surface area contributed by atoms with Crippen molar-refractivity contribution in [3.63, 3.8) is 0 Å². The molecule has 0 radical (unpaired) electrons. The second kappa shape index (κ2) is 6.22. The standard InChI is InChI=1S/C21H31N3S/c1-20(2)9-15-10-21(3,12-20)13-24(15)14-23-19-17(11-22)16-7-5-4-6-8-18(16)25-19/h11,14-15,22H,4-10,12-13H2,1-3H3. The molecule has 136 valence electrons. The van der Waals surface area contributed by atoms with Gasteiger partial charge in [0.05, 0.1) is 6.34 Å². The first-order valence-electron chi connectivity index (χ1n) is 9.84. The Balaban J connectivity index is 1.58. The van der Waals surface area contributed by atoms with Crippen molar-refractivity contribution >= 4 is 28.9 Å². The van der Waals surface area contributed by atoms with Gasteiger partial charge in [0.1, 0.15) is 5.00 Å². The Morgan fingerprint density at radius 3 is 2.76 bits per heavy atom. The lowest BCUT2D eigenvalue weighted by atomic mass is 9.65. The van der Waals surface area contributed by atoms with E-state index in [0.29, 0.717) is 16.9 Å². The summed E-state index contributed by atoms with van der Waals surface area (Å²) in [5.74, 6) is 0. The number of rotatable bonds is 3. The average Bonchev–Trinajstić information content (AvgIpc) is 2.86. The molecule has 1 aliphatic heterocycles. The number of thiophene rings is 1. The van der Waals surface area contributed by atoms with Gasteiger partial charge in [-0.25, -0.2) is 4.99 Å². The zero-order valence-electron chi connectivity index (χ0n) is 15.9. The lowest BCUT2D eigenvalue weighted by molar-refractivity contribution is 0.133. The highest BCUT2D eigenvalue weighted by atomic mass is 32.1. The smallest absolute Gasteiger partial charge is 0.127 e. The van der Waals surface area contributed by atoms with Crippen molar-refractivity contribution in [2.75, 3.05) is 6.54 Å². The summed E-state index contributed by atoms with van der Waals surface area (Å²) in [5, 5.41) is 8.96. The number of hydrogen-bond donors (Lipinski definition) is 1. The fourth-order valence-corrected chi connectivity index (χ4v) is 6.97. The average molecular weight is 358 g/mol. The van der Waals surface area contributed by atoms with E-state index in [2.05, 4.69) is 32.0 Å². The Bertz CT molecular complexity index is 702. The van der Waals surface area contributed by atoms with Crippen LogP contribution in [0, 0.1) is 16.2 Å². The molecule has 4 heteroatoms. The number of aryl methyl sites for hydroxylation is 1. The first-order chi connectivity index (χ1) is 11.9. The van der Waals surface area contributed by atoms with Crippen LogP contribution in [0.4, 0.5) is 5.00 Å². The first kappa shape index (κ1) is 17.3. The Morgan fingerprint density at radius 2 is 1.96 bits per heavy atom. The maximum Gasteiger partial charge on any atom is 0.127 e. The van der Waals surface area contributed by atoms with Crippen molar-refractivity contribution in [1.82, 2.24) is 4.90 Å². The van der Waals surface area contributed by atoms with Crippen molar-refractivity contribution in [2.24, 2.45) is 15.8 Å². The summed E-state index contributed by atoms with van der Waals surface area (Å²) in [6.45, 7) is 8.42. The molecule has 3 nitrogen and oxygen atoms in total. The fraction of sp³-hybridized carbons (Fsp3) is 0.714. The van der Waals surface area contributed by atoms with E-state index in [4.69, 9.17) is 10.4 Å². The van der Waals surface area contributed by atoms with Crippen LogP contribution >= 0.6 is 11.3 Å². The molecule has 2 aliphatic carbocycles. The molecular formula is C21H31N3S. The Hall–Kier alpha value is -1.16. The highest BCUT2D eigenvalue weighted by Gasteiger charge is 2.48. The summed E-state index contributed by atoms with van der Waals surface area (Å²) in [6.07, 6.45) is 13.7. The van der Waals surface area contributed by atoms with Crippen molar-refractivity contribution in [3.8, 4) is 0 Å². The zero-order valence-corrected chi connectivity index (χ0v) is 16.7. The van der Waals surface area contributed by atoms with Gasteiger partial charge in [0, 0.05) is 29.2 Å². The van der Waals surface area contributed by atoms with Gasteiger partial charge < -0.3 is 10.3 Å². The normalized spacial score (nSPS) is 31.2. The van der Waals surface area contributed by atoms with E-state index in [-0.39, 0.29) is 0 Å². The van der Waals surface area contributed by atoms with Gasteiger partial charge in [-0.05, 0) is 61.3 Å². The molecule has 2 heterocycles. The summed E-state index contributed by atoms with van der Waals surface area (Å²) in [4.78, 5) is 8.88. The fourth-order valence-electron chi connectivity index (χ4n) is 5.76. The van der Waals surface area contributed by atoms with Gasteiger partial charge in [0.25, 0.3) is 0 Å². The largest absolute Gasteiger partial charge is 0.359 e. The second-order valence-electron chi connectivity index (χ2n) is 9.56. The van der Waals surface area contributed by atoms with Gasteiger partial charge in [-0.2, -0.15) is 0 Å². The van der Waals surface area contributed by atoms with Crippen molar-refractivity contribution in [2.45, 2.75) is 78.2 Å². The second-order valence-corrected chi connectivity index (χ2v) is 10.6. The third-order valence-electron chi connectivity index (χ3n) is 6.37. The van der Waals surface area contributed by atoms with Crippen LogP contribution < -0.4 is 0 Å². The molecule has 1 saturated heterocycles. The number of nitrogens with zero attached hydrogens (tertiary/aromatic N) is 2. The van der Waals surface area contributed by atoms with E-state index in [9.17, 15) is 0 Å². The molecule has 2 bridgehead atoms. The lowest BCUT2D eigenvalue weighted by Gasteiger charge is -2.39. The highest BCUT2D eigenvalue weighted by molar-refractivity contribution is 7.16. The molecule has 2 unspecified atom stereocenters. The van der Waals surface area contributed by atoms with Gasteiger partial charge in [0.2, 0.25) is 0 Å². The van der Waals surface area contributed by atoms with Crippen molar-refractivity contribution < 1.29 is 0 Å². The van der Waals surface area contributed by atoms with E-state index >= 15 is 0 Å². The Kier molecular flexibility index (Phi) is 4.30. The zero-order chi connectivity index (χ0) is 17.7. The summed E-state index contributed by atoms with van der Waals surface area (Å²) < 4.78 is 0. The quantitative estimate of drug-likeness (QED) is 0.428. The number of hydrogen-bond acceptors (Lipinski definition) is 3. The van der Waals surface area contributed by atoms with Gasteiger partial charge in [0.15, 0.2) is 0 Å². The van der Waals surface area contributed by atoms with E-state index in [1.54, 1.807) is 6.21 Å². The number of fused-ring (bicyclic) bond motifs is 3. The summed E-state index contributed by atoms with van der Waals surface area (Å²) in [6, 6.07) is 0.638. The van der Waals surface area contributed by atoms with Crippen LogP contribution in [-0.2, 0) is 12.8 Å². The van der Waals surface area contributed by atoms with E-state index < -0.39 is 0 Å². The molecule has 0 spiro atoms. The van der Waals surface area contributed by atoms with Crippen LogP contribution in [0.5, 0.6) is 0 Å². The highest BCUT2D eigenvalue weighted by Crippen LogP contribution is 2.52. The molecule has 2 atom stereocenters. The van der Waals surface area contributed by atoms with Crippen LogP contribution in [0.1, 0.15) is 75.3 Å². The molecule has 1 N–H and O–H groups in total. The SMILES string of the molecule is CC1(C)CC2CC(C)(CN2C=Nc2sc3c(c2C=N)CCCCC3)C1. The van der Waals surface area contributed by atoms with Gasteiger partial charge in [-0.1, -0.05) is 27.2 Å². The molecule has 1 aromatic rings. The first-order valence-corrected chi connectivity index (χ1v) is 10.7. The summed E-state index contributed by atoms with van der Waals surface area (Å²) in [7, 11) is 0. The molecule has 0 amide bonds. The molecule has 25 heavy (non-hydrogen) atoms. The summed E-state index contributed by atoms with van der Waals surface area (Å²) in [5.41, 5.74) is 3.39. The molecule has 3 aliphatic rings. The van der Waals surface area contributed by atoms with Gasteiger partial charge in [-0.15, -0.1) is 11.3 Å². The molecular weight excluding hydrogens is 326 g/mol. The van der Waals surface area contributed by atoms with E-state index in [1.807, 2.05) is 11.3 Å². The van der Waals surface area contributed by atoms with Crippen LogP contribution in [0.3, 0.4) is 0 Å². The molecule has 1 saturated carbocycles. The predicted molar refractivity (Wildman–Crippen MR) is 108 cm³/mol. The molecule has 4 rings (SSSR count).